The number of ether oxygens (including phenoxy) is 2. The van der Waals surface area contributed by atoms with Gasteiger partial charge in [-0.05, 0) is 30.7 Å². The molecule has 1 aromatic heterocycles. The molecule has 1 aliphatic rings. The minimum atomic E-state index is -1.50. The molecule has 1 aromatic carbocycles. The molecule has 0 bridgehead atoms. The average Bonchev–Trinajstić information content (AvgIpc) is 2.91. The molecule has 0 radical (unpaired) electrons. The van der Waals surface area contributed by atoms with Crippen LogP contribution in [-0.4, -0.2) is 42.7 Å². The highest BCUT2D eigenvalue weighted by molar-refractivity contribution is 5.99. The molecule has 138 valence electrons. The van der Waals surface area contributed by atoms with E-state index in [-0.39, 0.29) is 24.1 Å². The molecule has 2 aromatic rings. The molecule has 26 heavy (non-hydrogen) atoms. The van der Waals surface area contributed by atoms with Gasteiger partial charge in [0.05, 0.1) is 18.7 Å². The largest absolute Gasteiger partial charge is 0.491 e. The van der Waals surface area contributed by atoms with Crippen molar-refractivity contribution >= 4 is 22.7 Å². The summed E-state index contributed by atoms with van der Waals surface area (Å²) in [6, 6.07) is 6.34. The van der Waals surface area contributed by atoms with Crippen LogP contribution in [0.25, 0.3) is 10.9 Å². The van der Waals surface area contributed by atoms with Gasteiger partial charge in [0.25, 0.3) is 11.8 Å². The first-order valence-corrected chi connectivity index (χ1v) is 8.30. The maximum absolute atomic E-state index is 13.8. The normalized spacial score (nSPS) is 22.3. The van der Waals surface area contributed by atoms with Gasteiger partial charge in [-0.25, -0.2) is 9.37 Å². The molecular formula is C18H20FN3O4. The molecule has 1 fully saturated rings. The van der Waals surface area contributed by atoms with Gasteiger partial charge >= 0.3 is 0 Å². The number of primary amides is 1. The van der Waals surface area contributed by atoms with Gasteiger partial charge in [-0.1, -0.05) is 6.92 Å². The number of nitrogens with zero attached hydrogens (tertiary/aromatic N) is 1. The minimum absolute atomic E-state index is 0.155. The van der Waals surface area contributed by atoms with E-state index in [0.29, 0.717) is 23.1 Å². The zero-order valence-corrected chi connectivity index (χ0v) is 14.5. The Hall–Kier alpha value is -2.90. The quantitative estimate of drug-likeness (QED) is 0.813. The first kappa shape index (κ1) is 17.9. The lowest BCUT2D eigenvalue weighted by Crippen LogP contribution is -2.34. The van der Waals surface area contributed by atoms with Crippen LogP contribution in [0.15, 0.2) is 24.3 Å². The van der Waals surface area contributed by atoms with Crippen molar-refractivity contribution < 1.29 is 23.5 Å². The zero-order valence-electron chi connectivity index (χ0n) is 14.5. The van der Waals surface area contributed by atoms with E-state index in [1.807, 2.05) is 6.92 Å². The van der Waals surface area contributed by atoms with Gasteiger partial charge in [-0.2, -0.15) is 0 Å². The van der Waals surface area contributed by atoms with Crippen LogP contribution < -0.4 is 20.5 Å². The summed E-state index contributed by atoms with van der Waals surface area (Å²) in [5.41, 5.74) is 6.14. The van der Waals surface area contributed by atoms with Crippen molar-refractivity contribution in [2.45, 2.75) is 25.6 Å². The van der Waals surface area contributed by atoms with Gasteiger partial charge in [0.1, 0.15) is 17.9 Å². The van der Waals surface area contributed by atoms with Crippen molar-refractivity contribution in [1.29, 1.82) is 0 Å². The van der Waals surface area contributed by atoms with Crippen molar-refractivity contribution in [1.82, 2.24) is 10.3 Å². The Morgan fingerprint density at radius 1 is 1.38 bits per heavy atom. The number of amides is 2. The molecular weight excluding hydrogens is 341 g/mol. The third-order valence-electron chi connectivity index (χ3n) is 4.58. The smallest absolute Gasteiger partial charge is 0.255 e. The summed E-state index contributed by atoms with van der Waals surface area (Å²) < 4.78 is 24.6. The summed E-state index contributed by atoms with van der Waals surface area (Å²) in [4.78, 5) is 27.3. The van der Waals surface area contributed by atoms with Gasteiger partial charge in [0.2, 0.25) is 5.88 Å². The van der Waals surface area contributed by atoms with Crippen LogP contribution in [0.1, 0.15) is 23.7 Å². The standard InChI is InChI=1S/C18H20FN3O4/c1-3-11-14(21-17(24)15(11)19)8-26-10-4-5-13-9(6-10)7-12(16(20)23)18(22-13)25-2/h4-7,11,14-15H,3,8H2,1-2H3,(H2,20,23)(H,21,24)/t11-,14+,15-/m0/s1. The molecule has 3 atom stereocenters. The number of halogens is 1. The van der Waals surface area contributed by atoms with Crippen molar-refractivity contribution in [3.05, 3.63) is 29.8 Å². The number of rotatable bonds is 6. The SMILES string of the molecule is CC[C@@H]1[C@H](F)C(=O)N[C@@H]1COc1ccc2nc(OC)c(C(N)=O)cc2c1. The van der Waals surface area contributed by atoms with Gasteiger partial charge < -0.3 is 20.5 Å². The first-order valence-electron chi connectivity index (χ1n) is 8.30. The minimum Gasteiger partial charge on any atom is -0.491 e. The van der Waals surface area contributed by atoms with Gasteiger partial charge in [-0.15, -0.1) is 0 Å². The predicted molar refractivity (Wildman–Crippen MR) is 92.9 cm³/mol. The van der Waals surface area contributed by atoms with E-state index in [9.17, 15) is 14.0 Å². The van der Waals surface area contributed by atoms with Crippen LogP contribution in [0.2, 0.25) is 0 Å². The fourth-order valence-electron chi connectivity index (χ4n) is 3.17. The van der Waals surface area contributed by atoms with Crippen LogP contribution in [-0.2, 0) is 4.79 Å². The van der Waals surface area contributed by atoms with Crippen LogP contribution in [0.3, 0.4) is 0 Å². The molecule has 0 unspecified atom stereocenters. The lowest BCUT2D eigenvalue weighted by Gasteiger charge is -2.18. The van der Waals surface area contributed by atoms with E-state index in [2.05, 4.69) is 10.3 Å². The van der Waals surface area contributed by atoms with Crippen molar-refractivity contribution in [2.75, 3.05) is 13.7 Å². The average molecular weight is 361 g/mol. The van der Waals surface area contributed by atoms with E-state index in [1.54, 1.807) is 24.3 Å². The molecule has 1 aliphatic heterocycles. The number of benzene rings is 1. The number of hydrogen-bond acceptors (Lipinski definition) is 5. The Morgan fingerprint density at radius 2 is 2.15 bits per heavy atom. The molecule has 2 heterocycles. The summed E-state index contributed by atoms with van der Waals surface area (Å²) in [5, 5.41) is 3.28. The molecule has 2 amide bonds. The number of pyridine rings is 1. The van der Waals surface area contributed by atoms with Crippen molar-refractivity contribution in [3.63, 3.8) is 0 Å². The Kier molecular flexibility index (Phi) is 4.92. The van der Waals surface area contributed by atoms with Crippen LogP contribution in [0.4, 0.5) is 4.39 Å². The number of hydrogen-bond donors (Lipinski definition) is 2. The van der Waals surface area contributed by atoms with E-state index in [1.165, 1.54) is 7.11 Å². The molecule has 0 spiro atoms. The Labute approximate surface area is 149 Å². The third-order valence-corrected chi connectivity index (χ3v) is 4.58. The Morgan fingerprint density at radius 3 is 2.81 bits per heavy atom. The number of fused-ring (bicyclic) bond motifs is 1. The number of aromatic nitrogens is 1. The van der Waals surface area contributed by atoms with Crippen LogP contribution in [0.5, 0.6) is 11.6 Å². The van der Waals surface area contributed by atoms with E-state index < -0.39 is 23.9 Å². The Balaban J connectivity index is 1.81. The predicted octanol–water partition coefficient (Wildman–Crippen LogP) is 1.58. The summed E-state index contributed by atoms with van der Waals surface area (Å²) in [6.07, 6.45) is -0.961. The van der Waals surface area contributed by atoms with E-state index in [4.69, 9.17) is 15.2 Å². The number of alkyl halides is 1. The Bertz CT molecular complexity index is 858. The summed E-state index contributed by atoms with van der Waals surface area (Å²) in [5.74, 6) is -0.962. The molecule has 0 saturated carbocycles. The number of nitrogens with one attached hydrogen (secondary N) is 1. The van der Waals surface area contributed by atoms with Crippen molar-refractivity contribution in [2.24, 2.45) is 11.7 Å². The molecule has 8 heteroatoms. The summed E-state index contributed by atoms with van der Waals surface area (Å²) in [7, 11) is 1.41. The maximum atomic E-state index is 13.8. The molecule has 3 rings (SSSR count). The molecule has 7 nitrogen and oxygen atoms in total. The molecule has 3 N–H and O–H groups in total. The second-order valence-corrected chi connectivity index (χ2v) is 6.16. The topological polar surface area (TPSA) is 104 Å². The van der Waals surface area contributed by atoms with Crippen molar-refractivity contribution in [3.8, 4) is 11.6 Å². The summed E-state index contributed by atoms with van der Waals surface area (Å²) in [6.45, 7) is 1.99. The number of nitrogens with two attached hydrogens (primary N) is 1. The first-order chi connectivity index (χ1) is 12.4. The van der Waals surface area contributed by atoms with Gasteiger partial charge in [0.15, 0.2) is 6.17 Å². The highest BCUT2D eigenvalue weighted by Gasteiger charge is 2.41. The molecule has 0 aliphatic carbocycles. The van der Waals surface area contributed by atoms with E-state index >= 15 is 0 Å². The summed E-state index contributed by atoms with van der Waals surface area (Å²) >= 11 is 0. The third kappa shape index (κ3) is 3.26. The lowest BCUT2D eigenvalue weighted by molar-refractivity contribution is -0.123. The lowest BCUT2D eigenvalue weighted by atomic mass is 9.97. The number of methoxy groups -OCH3 is 1. The second-order valence-electron chi connectivity index (χ2n) is 6.16. The zero-order chi connectivity index (χ0) is 18.8. The highest BCUT2D eigenvalue weighted by Crippen LogP contribution is 2.27. The highest BCUT2D eigenvalue weighted by atomic mass is 19.1. The number of carbonyl (C=O) groups excluding carboxylic acids is 2. The monoisotopic (exact) mass is 361 g/mol. The van der Waals surface area contributed by atoms with Crippen LogP contribution in [0, 0.1) is 5.92 Å². The molecule has 1 saturated heterocycles. The fourth-order valence-corrected chi connectivity index (χ4v) is 3.17. The van der Waals surface area contributed by atoms with Gasteiger partial charge in [-0.3, -0.25) is 9.59 Å². The van der Waals surface area contributed by atoms with Gasteiger partial charge in [0, 0.05) is 11.3 Å². The second kappa shape index (κ2) is 7.15. The maximum Gasteiger partial charge on any atom is 0.255 e. The van der Waals surface area contributed by atoms with E-state index in [0.717, 1.165) is 0 Å². The fraction of sp³-hybridized carbons (Fsp3) is 0.389. The van der Waals surface area contributed by atoms with Crippen LogP contribution >= 0.6 is 0 Å². The number of carbonyl (C=O) groups is 2.